The van der Waals surface area contributed by atoms with Crippen molar-refractivity contribution in [2.24, 2.45) is 0 Å². The standard InChI is InChI=1S/C18H17NO3S/c1-3-4-14-7-10-17-16(18(14)20)11-12-19(17)23(21,22)15-8-5-13(2)6-9-15/h3-12,20H,1-2H3/b4-3+. The lowest BCUT2D eigenvalue weighted by Gasteiger charge is -2.09. The maximum absolute atomic E-state index is 12.8. The third kappa shape index (κ3) is 2.53. The first-order chi connectivity index (χ1) is 10.9. The van der Waals surface area contributed by atoms with Gasteiger partial charge < -0.3 is 5.11 Å². The second-order valence-corrected chi connectivity index (χ2v) is 7.18. The van der Waals surface area contributed by atoms with E-state index in [4.69, 9.17) is 0 Å². The van der Waals surface area contributed by atoms with Gasteiger partial charge in [0.2, 0.25) is 0 Å². The van der Waals surface area contributed by atoms with Gasteiger partial charge in [-0.2, -0.15) is 0 Å². The molecule has 2 aromatic carbocycles. The predicted octanol–water partition coefficient (Wildman–Crippen LogP) is 3.93. The summed E-state index contributed by atoms with van der Waals surface area (Å²) in [4.78, 5) is 0.220. The van der Waals surface area contributed by atoms with Crippen LogP contribution in [0.2, 0.25) is 0 Å². The topological polar surface area (TPSA) is 59.3 Å². The van der Waals surface area contributed by atoms with Gasteiger partial charge in [0.25, 0.3) is 10.0 Å². The fourth-order valence-electron chi connectivity index (χ4n) is 2.54. The highest BCUT2D eigenvalue weighted by Crippen LogP contribution is 2.32. The van der Waals surface area contributed by atoms with Crippen LogP contribution in [0.25, 0.3) is 17.0 Å². The van der Waals surface area contributed by atoms with E-state index in [-0.39, 0.29) is 10.6 Å². The van der Waals surface area contributed by atoms with E-state index in [1.807, 2.05) is 19.9 Å². The van der Waals surface area contributed by atoms with Gasteiger partial charge in [0.05, 0.1) is 10.4 Å². The van der Waals surface area contributed by atoms with E-state index in [9.17, 15) is 13.5 Å². The van der Waals surface area contributed by atoms with Crippen molar-refractivity contribution >= 4 is 27.0 Å². The predicted molar refractivity (Wildman–Crippen MR) is 92.1 cm³/mol. The summed E-state index contributed by atoms with van der Waals surface area (Å²) >= 11 is 0. The highest BCUT2D eigenvalue weighted by Gasteiger charge is 2.20. The molecule has 0 amide bonds. The van der Waals surface area contributed by atoms with Crippen molar-refractivity contribution in [1.82, 2.24) is 3.97 Å². The SMILES string of the molecule is C/C=C/c1ccc2c(ccn2S(=O)(=O)c2ccc(C)cc2)c1O. The van der Waals surface area contributed by atoms with Crippen LogP contribution in [0.5, 0.6) is 5.75 Å². The maximum atomic E-state index is 12.8. The fraction of sp³-hybridized carbons (Fsp3) is 0.111. The molecule has 0 aliphatic carbocycles. The lowest BCUT2D eigenvalue weighted by molar-refractivity contribution is 0.480. The maximum Gasteiger partial charge on any atom is 0.268 e. The van der Waals surface area contributed by atoms with Crippen molar-refractivity contribution in [2.75, 3.05) is 0 Å². The summed E-state index contributed by atoms with van der Waals surface area (Å²) in [6.45, 7) is 3.76. The molecule has 118 valence electrons. The molecule has 0 aliphatic heterocycles. The molecule has 3 rings (SSSR count). The number of fused-ring (bicyclic) bond motifs is 1. The molecule has 1 N–H and O–H groups in total. The van der Waals surface area contributed by atoms with Gasteiger partial charge in [0.15, 0.2) is 0 Å². The smallest absolute Gasteiger partial charge is 0.268 e. The lowest BCUT2D eigenvalue weighted by Crippen LogP contribution is -2.11. The summed E-state index contributed by atoms with van der Waals surface area (Å²) in [5, 5.41) is 10.8. The molecule has 0 saturated carbocycles. The number of phenolic OH excluding ortho intramolecular Hbond substituents is 1. The van der Waals surface area contributed by atoms with E-state index in [2.05, 4.69) is 0 Å². The molecule has 0 unspecified atom stereocenters. The van der Waals surface area contributed by atoms with Gasteiger partial charge in [-0.15, -0.1) is 0 Å². The second-order valence-electron chi connectivity index (χ2n) is 5.37. The molecule has 0 bridgehead atoms. The Morgan fingerprint density at radius 1 is 1.04 bits per heavy atom. The minimum atomic E-state index is -3.69. The summed E-state index contributed by atoms with van der Waals surface area (Å²) in [6, 6.07) is 11.7. The molecule has 0 spiro atoms. The van der Waals surface area contributed by atoms with Crippen LogP contribution in [0.1, 0.15) is 18.1 Å². The minimum Gasteiger partial charge on any atom is -0.507 e. The Morgan fingerprint density at radius 3 is 2.39 bits per heavy atom. The summed E-state index contributed by atoms with van der Waals surface area (Å²) in [5.41, 5.74) is 2.11. The number of rotatable bonds is 3. The Kier molecular flexibility index (Phi) is 3.74. The van der Waals surface area contributed by atoms with Crippen molar-refractivity contribution in [2.45, 2.75) is 18.7 Å². The fourth-order valence-corrected chi connectivity index (χ4v) is 3.89. The molecule has 0 atom stereocenters. The van der Waals surface area contributed by atoms with Crippen molar-refractivity contribution in [1.29, 1.82) is 0 Å². The second kappa shape index (κ2) is 5.59. The number of aromatic nitrogens is 1. The summed E-state index contributed by atoms with van der Waals surface area (Å²) in [7, 11) is -3.69. The summed E-state index contributed by atoms with van der Waals surface area (Å²) in [5.74, 6) is 0.0819. The van der Waals surface area contributed by atoms with E-state index >= 15 is 0 Å². The van der Waals surface area contributed by atoms with Crippen molar-refractivity contribution in [3.05, 3.63) is 65.9 Å². The first-order valence-electron chi connectivity index (χ1n) is 7.23. The zero-order chi connectivity index (χ0) is 16.6. The molecule has 5 heteroatoms. The van der Waals surface area contributed by atoms with Gasteiger partial charge in [0, 0.05) is 17.1 Å². The van der Waals surface area contributed by atoms with E-state index in [1.54, 1.807) is 48.5 Å². The Morgan fingerprint density at radius 2 is 1.74 bits per heavy atom. The number of hydrogen-bond donors (Lipinski definition) is 1. The Labute approximate surface area is 135 Å². The number of allylic oxidation sites excluding steroid dienone is 1. The summed E-state index contributed by atoms with van der Waals surface area (Å²) in [6.07, 6.45) is 5.07. The molecule has 23 heavy (non-hydrogen) atoms. The third-order valence-corrected chi connectivity index (χ3v) is 5.47. The molecule has 1 heterocycles. The molecule has 0 saturated heterocycles. The lowest BCUT2D eigenvalue weighted by atomic mass is 10.1. The Hall–Kier alpha value is -2.53. The van der Waals surface area contributed by atoms with Crippen molar-refractivity contribution in [3.63, 3.8) is 0 Å². The largest absolute Gasteiger partial charge is 0.507 e. The van der Waals surface area contributed by atoms with Crippen molar-refractivity contribution < 1.29 is 13.5 Å². The van der Waals surface area contributed by atoms with E-state index in [0.717, 1.165) is 5.56 Å². The third-order valence-electron chi connectivity index (χ3n) is 3.76. The molecule has 1 aromatic heterocycles. The highest BCUT2D eigenvalue weighted by molar-refractivity contribution is 7.90. The van der Waals surface area contributed by atoms with Crippen LogP contribution in [0.3, 0.4) is 0 Å². The van der Waals surface area contributed by atoms with Gasteiger partial charge in [0.1, 0.15) is 5.75 Å². The van der Waals surface area contributed by atoms with Crippen LogP contribution in [-0.2, 0) is 10.0 Å². The van der Waals surface area contributed by atoms with Crippen LogP contribution in [-0.4, -0.2) is 17.5 Å². The molecule has 4 nitrogen and oxygen atoms in total. The molecule has 0 radical (unpaired) electrons. The van der Waals surface area contributed by atoms with E-state index < -0.39 is 10.0 Å². The average molecular weight is 327 g/mol. The van der Waals surface area contributed by atoms with Crippen LogP contribution >= 0.6 is 0 Å². The van der Waals surface area contributed by atoms with Gasteiger partial charge in [-0.3, -0.25) is 0 Å². The molecule has 3 aromatic rings. The number of benzene rings is 2. The van der Waals surface area contributed by atoms with E-state index in [1.165, 1.54) is 10.2 Å². The zero-order valence-corrected chi connectivity index (χ0v) is 13.7. The number of phenols is 1. The molecule has 0 aliphatic rings. The first kappa shape index (κ1) is 15.4. The molecule has 0 fully saturated rings. The van der Waals surface area contributed by atoms with Crippen LogP contribution in [0, 0.1) is 6.92 Å². The zero-order valence-electron chi connectivity index (χ0n) is 12.9. The number of aromatic hydroxyl groups is 1. The molecular weight excluding hydrogens is 310 g/mol. The van der Waals surface area contributed by atoms with Gasteiger partial charge >= 0.3 is 0 Å². The van der Waals surface area contributed by atoms with Crippen LogP contribution < -0.4 is 0 Å². The number of aryl methyl sites for hydroxylation is 1. The Bertz CT molecular complexity index is 997. The number of hydrogen-bond acceptors (Lipinski definition) is 3. The first-order valence-corrected chi connectivity index (χ1v) is 8.67. The Balaban J connectivity index is 2.21. The van der Waals surface area contributed by atoms with Crippen molar-refractivity contribution in [3.8, 4) is 5.75 Å². The quantitative estimate of drug-likeness (QED) is 0.793. The van der Waals surface area contributed by atoms with Crippen LogP contribution in [0.4, 0.5) is 0 Å². The van der Waals surface area contributed by atoms with Gasteiger partial charge in [-0.1, -0.05) is 29.8 Å². The normalized spacial score (nSPS) is 12.3. The minimum absolute atomic E-state index is 0.0819. The van der Waals surface area contributed by atoms with Gasteiger partial charge in [-0.25, -0.2) is 12.4 Å². The van der Waals surface area contributed by atoms with E-state index in [0.29, 0.717) is 16.5 Å². The average Bonchev–Trinajstić information content (AvgIpc) is 2.96. The summed E-state index contributed by atoms with van der Waals surface area (Å²) < 4.78 is 26.8. The number of nitrogens with zero attached hydrogens (tertiary/aromatic N) is 1. The monoisotopic (exact) mass is 327 g/mol. The van der Waals surface area contributed by atoms with Gasteiger partial charge in [-0.05, 0) is 44.2 Å². The molecular formula is C18H17NO3S. The highest BCUT2D eigenvalue weighted by atomic mass is 32.2. The van der Waals surface area contributed by atoms with Crippen LogP contribution in [0.15, 0.2) is 59.6 Å².